The smallest absolute Gasteiger partial charge is 0.269 e. The Labute approximate surface area is 162 Å². The van der Waals surface area contributed by atoms with Crippen LogP contribution < -0.4 is 20.7 Å². The van der Waals surface area contributed by atoms with Crippen LogP contribution in [0.1, 0.15) is 10.4 Å². The molecule has 0 bridgehead atoms. The molecule has 2 N–H and O–H groups in total. The summed E-state index contributed by atoms with van der Waals surface area (Å²) in [6.45, 7) is 5.32. The lowest BCUT2D eigenvalue weighted by molar-refractivity contribution is 0.0962. The fourth-order valence-corrected chi connectivity index (χ4v) is 2.91. The van der Waals surface area contributed by atoms with Gasteiger partial charge in [0.1, 0.15) is 0 Å². The van der Waals surface area contributed by atoms with Crippen LogP contribution in [0.25, 0.3) is 0 Å². The topological polar surface area (TPSA) is 118 Å². The fraction of sp³-hybridized carbons (Fsp3) is 0.471. The predicted molar refractivity (Wildman–Crippen MR) is 101 cm³/mol. The number of ether oxygens (including phenoxy) is 2. The number of hydrazine groups is 1. The minimum Gasteiger partial charge on any atom is -0.378 e. The van der Waals surface area contributed by atoms with Crippen molar-refractivity contribution in [2.45, 2.75) is 0 Å². The van der Waals surface area contributed by atoms with Crippen molar-refractivity contribution in [1.82, 2.24) is 25.4 Å². The zero-order valence-electron chi connectivity index (χ0n) is 15.4. The van der Waals surface area contributed by atoms with E-state index >= 15 is 0 Å². The van der Waals surface area contributed by atoms with Gasteiger partial charge in [0.15, 0.2) is 0 Å². The number of hydrogen-bond acceptors (Lipinski definition) is 10. The van der Waals surface area contributed by atoms with E-state index in [0.717, 1.165) is 0 Å². The maximum Gasteiger partial charge on any atom is 0.269 e. The van der Waals surface area contributed by atoms with Crippen LogP contribution in [-0.2, 0) is 9.47 Å². The number of carbonyl (C=O) groups is 1. The molecule has 148 valence electrons. The van der Waals surface area contributed by atoms with E-state index in [2.05, 4.69) is 30.8 Å². The summed E-state index contributed by atoms with van der Waals surface area (Å²) in [7, 11) is 0. The fourth-order valence-electron chi connectivity index (χ4n) is 2.91. The molecular weight excluding hydrogens is 364 g/mol. The van der Waals surface area contributed by atoms with Crippen molar-refractivity contribution in [1.29, 1.82) is 0 Å². The highest BCUT2D eigenvalue weighted by Crippen LogP contribution is 2.18. The van der Waals surface area contributed by atoms with E-state index in [1.807, 2.05) is 9.80 Å². The van der Waals surface area contributed by atoms with Crippen LogP contribution in [0, 0.1) is 0 Å². The molecule has 2 aromatic heterocycles. The molecule has 4 heterocycles. The van der Waals surface area contributed by atoms with E-state index in [1.165, 1.54) is 0 Å². The Balaban J connectivity index is 1.53. The quantitative estimate of drug-likeness (QED) is 0.663. The second-order valence-corrected chi connectivity index (χ2v) is 6.27. The standard InChI is InChI=1S/C17H22N8O3/c26-14(13-1-3-18-4-2-13)22-23-15-19-16(24-5-9-27-10-6-24)21-17(20-15)25-7-11-28-12-8-25/h1-4H,5-12H2,(H,22,26)(H,19,20,21,23). The van der Waals surface area contributed by atoms with Gasteiger partial charge < -0.3 is 19.3 Å². The number of nitrogens with zero attached hydrogens (tertiary/aromatic N) is 6. The van der Waals surface area contributed by atoms with Crippen molar-refractivity contribution in [3.8, 4) is 0 Å². The third-order valence-corrected chi connectivity index (χ3v) is 4.43. The van der Waals surface area contributed by atoms with Gasteiger partial charge in [0.2, 0.25) is 17.8 Å². The number of amides is 1. The van der Waals surface area contributed by atoms with Gasteiger partial charge in [-0.25, -0.2) is 0 Å². The number of pyridine rings is 1. The Bertz CT molecular complexity index is 758. The number of rotatable bonds is 5. The van der Waals surface area contributed by atoms with Gasteiger partial charge in [-0.1, -0.05) is 0 Å². The first-order valence-corrected chi connectivity index (χ1v) is 9.17. The number of anilines is 3. The second-order valence-electron chi connectivity index (χ2n) is 6.27. The first kappa shape index (κ1) is 18.3. The minimum absolute atomic E-state index is 0.278. The number of hydrogen-bond donors (Lipinski definition) is 2. The van der Waals surface area contributed by atoms with Crippen LogP contribution in [0.3, 0.4) is 0 Å². The van der Waals surface area contributed by atoms with Gasteiger partial charge in [0.05, 0.1) is 26.4 Å². The molecular formula is C17H22N8O3. The molecule has 11 heteroatoms. The van der Waals surface area contributed by atoms with E-state index in [4.69, 9.17) is 9.47 Å². The van der Waals surface area contributed by atoms with Gasteiger partial charge >= 0.3 is 0 Å². The number of carbonyl (C=O) groups excluding carboxylic acids is 1. The molecule has 0 saturated carbocycles. The van der Waals surface area contributed by atoms with Crippen LogP contribution in [0.2, 0.25) is 0 Å². The summed E-state index contributed by atoms with van der Waals surface area (Å²) in [4.78, 5) is 33.8. The van der Waals surface area contributed by atoms with E-state index < -0.39 is 0 Å². The third-order valence-electron chi connectivity index (χ3n) is 4.43. The van der Waals surface area contributed by atoms with Crippen molar-refractivity contribution in [2.75, 3.05) is 67.8 Å². The second kappa shape index (κ2) is 8.76. The molecule has 0 aliphatic carbocycles. The van der Waals surface area contributed by atoms with Crippen LogP contribution in [0.15, 0.2) is 24.5 Å². The number of morpholine rings is 2. The van der Waals surface area contributed by atoms with Gasteiger partial charge in [0.25, 0.3) is 5.91 Å². The highest BCUT2D eigenvalue weighted by Gasteiger charge is 2.21. The van der Waals surface area contributed by atoms with E-state index in [0.29, 0.717) is 70.1 Å². The first-order chi connectivity index (χ1) is 13.8. The zero-order valence-corrected chi connectivity index (χ0v) is 15.4. The Morgan fingerprint density at radius 1 is 0.857 bits per heavy atom. The van der Waals surface area contributed by atoms with Gasteiger partial charge in [-0.2, -0.15) is 15.0 Å². The van der Waals surface area contributed by atoms with Crippen LogP contribution in [0.5, 0.6) is 0 Å². The lowest BCUT2D eigenvalue weighted by Crippen LogP contribution is -2.40. The van der Waals surface area contributed by atoms with E-state index in [9.17, 15) is 4.79 Å². The highest BCUT2D eigenvalue weighted by atomic mass is 16.5. The number of nitrogens with one attached hydrogen (secondary N) is 2. The summed E-state index contributed by atoms with van der Waals surface area (Å²) in [6.07, 6.45) is 3.12. The predicted octanol–water partition coefficient (Wildman–Crippen LogP) is -0.303. The highest BCUT2D eigenvalue weighted by molar-refractivity contribution is 5.94. The molecule has 2 aliphatic heterocycles. The maximum atomic E-state index is 12.3. The molecule has 4 rings (SSSR count). The molecule has 2 aliphatic rings. The van der Waals surface area contributed by atoms with Gasteiger partial charge in [-0.05, 0) is 12.1 Å². The van der Waals surface area contributed by atoms with Gasteiger partial charge in [-0.15, -0.1) is 0 Å². The van der Waals surface area contributed by atoms with E-state index in [1.54, 1.807) is 24.5 Å². The Hall–Kier alpha value is -3.05. The maximum absolute atomic E-state index is 12.3. The van der Waals surface area contributed by atoms with Crippen molar-refractivity contribution >= 4 is 23.8 Å². The molecule has 11 nitrogen and oxygen atoms in total. The largest absolute Gasteiger partial charge is 0.378 e. The van der Waals surface area contributed by atoms with Crippen LogP contribution in [-0.4, -0.2) is 78.4 Å². The van der Waals surface area contributed by atoms with Gasteiger partial charge in [0, 0.05) is 44.1 Å². The van der Waals surface area contributed by atoms with Crippen molar-refractivity contribution in [2.24, 2.45) is 0 Å². The molecule has 0 unspecified atom stereocenters. The molecule has 0 radical (unpaired) electrons. The molecule has 0 spiro atoms. The molecule has 2 fully saturated rings. The molecule has 28 heavy (non-hydrogen) atoms. The summed E-state index contributed by atoms with van der Waals surface area (Å²) < 4.78 is 10.8. The summed E-state index contributed by atoms with van der Waals surface area (Å²) in [5.74, 6) is 1.09. The normalized spacial score (nSPS) is 17.3. The third kappa shape index (κ3) is 4.43. The van der Waals surface area contributed by atoms with Crippen molar-refractivity contribution in [3.63, 3.8) is 0 Å². The minimum atomic E-state index is -0.302. The van der Waals surface area contributed by atoms with Crippen LogP contribution in [0.4, 0.5) is 17.8 Å². The molecule has 0 aromatic carbocycles. The number of aromatic nitrogens is 4. The summed E-state index contributed by atoms with van der Waals surface area (Å²) >= 11 is 0. The summed E-state index contributed by atoms with van der Waals surface area (Å²) in [5, 5.41) is 0. The average molecular weight is 386 g/mol. The Morgan fingerprint density at radius 2 is 1.39 bits per heavy atom. The summed E-state index contributed by atoms with van der Waals surface area (Å²) in [5.41, 5.74) is 5.91. The monoisotopic (exact) mass is 386 g/mol. The van der Waals surface area contributed by atoms with Crippen molar-refractivity contribution < 1.29 is 14.3 Å². The lowest BCUT2D eigenvalue weighted by Gasteiger charge is -2.30. The first-order valence-electron chi connectivity index (χ1n) is 9.17. The van der Waals surface area contributed by atoms with Crippen molar-refractivity contribution in [3.05, 3.63) is 30.1 Å². The van der Waals surface area contributed by atoms with E-state index in [-0.39, 0.29) is 11.9 Å². The van der Waals surface area contributed by atoms with Crippen LogP contribution >= 0.6 is 0 Å². The molecule has 0 atom stereocenters. The summed E-state index contributed by atoms with van der Waals surface area (Å²) in [6, 6.07) is 3.26. The molecule has 2 aromatic rings. The zero-order chi connectivity index (χ0) is 19.2. The van der Waals surface area contributed by atoms with Gasteiger partial charge in [-0.3, -0.25) is 20.6 Å². The SMILES string of the molecule is O=C(NNc1nc(N2CCOCC2)nc(N2CCOCC2)n1)c1ccncc1. The Kier molecular flexibility index (Phi) is 5.73. The molecule has 2 saturated heterocycles. The lowest BCUT2D eigenvalue weighted by atomic mass is 10.3. The Morgan fingerprint density at radius 3 is 1.93 bits per heavy atom. The average Bonchev–Trinajstić information content (AvgIpc) is 2.79. The molecule has 1 amide bonds.